The lowest BCUT2D eigenvalue weighted by molar-refractivity contribution is 0.0202. The molecule has 17 heavy (non-hydrogen) atoms. The second kappa shape index (κ2) is 6.61. The molecule has 0 radical (unpaired) electrons. The van der Waals surface area contributed by atoms with Crippen LogP contribution >= 0.6 is 0 Å². The van der Waals surface area contributed by atoms with Gasteiger partial charge in [-0.1, -0.05) is 6.08 Å². The van der Waals surface area contributed by atoms with Gasteiger partial charge in [-0.15, -0.1) is 6.58 Å². The van der Waals surface area contributed by atoms with Crippen LogP contribution in [0, 0.1) is 0 Å². The molecule has 0 aliphatic heterocycles. The minimum Gasteiger partial charge on any atom is -0.444 e. The van der Waals surface area contributed by atoms with E-state index in [-0.39, 0.29) is 6.42 Å². The zero-order valence-electron chi connectivity index (χ0n) is 10.9. The van der Waals surface area contributed by atoms with E-state index in [1.807, 2.05) is 0 Å². The molecule has 0 aromatic carbocycles. The molecule has 0 aliphatic carbocycles. The smallest absolute Gasteiger partial charge is 0.408 e. The number of ether oxygens (including phenoxy) is 1. The fraction of sp³-hybridized carbons (Fsp3) is 0.750. The Labute approximate surface area is 102 Å². The number of alkyl carbamates (subject to hydrolysis) is 1. The van der Waals surface area contributed by atoms with Gasteiger partial charge in [-0.25, -0.2) is 4.79 Å². The van der Waals surface area contributed by atoms with Gasteiger partial charge in [-0.05, 0) is 34.1 Å². The number of hydrogen-bond donors (Lipinski definition) is 3. The first kappa shape index (κ1) is 15.9. The fourth-order valence-electron chi connectivity index (χ4n) is 1.30. The molecule has 1 amide bonds. The largest absolute Gasteiger partial charge is 0.444 e. The minimum atomic E-state index is -0.889. The lowest BCUT2D eigenvalue weighted by Crippen LogP contribution is -2.51. The molecule has 0 aromatic rings. The summed E-state index contributed by atoms with van der Waals surface area (Å²) in [5, 5.41) is 21.7. The molecule has 3 N–H and O–H groups in total. The van der Waals surface area contributed by atoms with Crippen LogP contribution in [0.3, 0.4) is 0 Å². The molecule has 5 nitrogen and oxygen atoms in total. The molecule has 0 unspecified atom stereocenters. The van der Waals surface area contributed by atoms with Gasteiger partial charge in [0.15, 0.2) is 0 Å². The summed E-state index contributed by atoms with van der Waals surface area (Å²) in [6.07, 6.45) is -0.619. The number of nitrogens with one attached hydrogen (secondary N) is 1. The van der Waals surface area contributed by atoms with Crippen LogP contribution in [0.5, 0.6) is 0 Å². The molecule has 5 heteroatoms. The summed E-state index contributed by atoms with van der Waals surface area (Å²) < 4.78 is 5.05. The van der Waals surface area contributed by atoms with Crippen LogP contribution < -0.4 is 5.32 Å². The summed E-state index contributed by atoms with van der Waals surface area (Å²) in [5.41, 5.74) is -0.614. The Hall–Kier alpha value is -1.07. The lowest BCUT2D eigenvalue weighted by atomic mass is 10.0. The van der Waals surface area contributed by atoms with E-state index in [0.717, 1.165) is 0 Å². The van der Waals surface area contributed by atoms with Gasteiger partial charge in [0.25, 0.3) is 0 Å². The number of aliphatic hydroxyl groups is 2. The van der Waals surface area contributed by atoms with E-state index in [4.69, 9.17) is 4.74 Å². The van der Waals surface area contributed by atoms with Crippen LogP contribution in [-0.2, 0) is 4.74 Å². The van der Waals surface area contributed by atoms with Gasteiger partial charge < -0.3 is 20.3 Å². The Morgan fingerprint density at radius 1 is 1.47 bits per heavy atom. The third-order valence-electron chi connectivity index (χ3n) is 2.03. The molecule has 0 heterocycles. The molecule has 0 saturated carbocycles. The van der Waals surface area contributed by atoms with Crippen molar-refractivity contribution in [1.29, 1.82) is 0 Å². The van der Waals surface area contributed by atoms with Gasteiger partial charge >= 0.3 is 6.09 Å². The highest BCUT2D eigenvalue weighted by Gasteiger charge is 2.27. The topological polar surface area (TPSA) is 78.8 Å². The van der Waals surface area contributed by atoms with Crippen molar-refractivity contribution in [3.63, 3.8) is 0 Å². The molecule has 100 valence electrons. The van der Waals surface area contributed by atoms with Crippen molar-refractivity contribution in [1.82, 2.24) is 5.32 Å². The molecular weight excluding hydrogens is 222 g/mol. The van der Waals surface area contributed by atoms with Gasteiger partial charge in [-0.2, -0.15) is 0 Å². The Kier molecular flexibility index (Phi) is 6.20. The first-order valence-corrected chi connectivity index (χ1v) is 5.64. The second-order valence-electron chi connectivity index (χ2n) is 5.00. The van der Waals surface area contributed by atoms with Crippen LogP contribution in [0.25, 0.3) is 0 Å². The highest BCUT2D eigenvalue weighted by Crippen LogP contribution is 2.09. The highest BCUT2D eigenvalue weighted by atomic mass is 16.6. The summed E-state index contributed by atoms with van der Waals surface area (Å²) in [7, 11) is 0. The number of carbonyl (C=O) groups excluding carboxylic acids is 1. The van der Waals surface area contributed by atoms with Gasteiger partial charge in [0.1, 0.15) is 5.60 Å². The first-order chi connectivity index (χ1) is 7.67. The van der Waals surface area contributed by atoms with E-state index in [0.29, 0.717) is 0 Å². The summed E-state index contributed by atoms with van der Waals surface area (Å²) in [4.78, 5) is 11.5. The van der Waals surface area contributed by atoms with Gasteiger partial charge in [0.05, 0.1) is 18.2 Å². The number of rotatable bonds is 5. The van der Waals surface area contributed by atoms with Crippen molar-refractivity contribution in [3.8, 4) is 0 Å². The third kappa shape index (κ3) is 6.97. The predicted octanol–water partition coefficient (Wildman–Crippen LogP) is 1.20. The molecule has 0 rings (SSSR count). The molecule has 3 atom stereocenters. The van der Waals surface area contributed by atoms with E-state index in [1.54, 1.807) is 20.8 Å². The van der Waals surface area contributed by atoms with Crippen LogP contribution in [0.15, 0.2) is 12.7 Å². The van der Waals surface area contributed by atoms with Crippen molar-refractivity contribution < 1.29 is 19.7 Å². The van der Waals surface area contributed by atoms with Crippen molar-refractivity contribution in [2.45, 2.75) is 58.0 Å². The average Bonchev–Trinajstić information content (AvgIpc) is 2.11. The highest BCUT2D eigenvalue weighted by molar-refractivity contribution is 5.68. The maximum absolute atomic E-state index is 11.5. The summed E-state index contributed by atoms with van der Waals surface area (Å²) >= 11 is 0. The molecule has 0 aromatic heterocycles. The molecule has 0 fully saturated rings. The van der Waals surface area contributed by atoms with Gasteiger partial charge in [0.2, 0.25) is 0 Å². The minimum absolute atomic E-state index is 0.283. The Bertz CT molecular complexity index is 258. The Morgan fingerprint density at radius 2 is 2.00 bits per heavy atom. The van der Waals surface area contributed by atoms with E-state index in [9.17, 15) is 15.0 Å². The zero-order chi connectivity index (χ0) is 13.6. The Morgan fingerprint density at radius 3 is 2.35 bits per heavy atom. The molecular formula is C12H23NO4. The standard InChI is InChI=1S/C12H23NO4/c1-6-7-9(15)10(8(2)14)13-11(16)17-12(3,4)5/h6,8-10,14-15H,1,7H2,2-5H3,(H,13,16)/t8-,9+,10+/m0/s1. The third-order valence-corrected chi connectivity index (χ3v) is 2.03. The summed E-state index contributed by atoms with van der Waals surface area (Å²) in [6.45, 7) is 10.2. The molecule has 0 saturated heterocycles. The lowest BCUT2D eigenvalue weighted by Gasteiger charge is -2.27. The van der Waals surface area contributed by atoms with Crippen molar-refractivity contribution >= 4 is 6.09 Å². The van der Waals surface area contributed by atoms with Crippen molar-refractivity contribution in [2.75, 3.05) is 0 Å². The average molecular weight is 245 g/mol. The second-order valence-corrected chi connectivity index (χ2v) is 5.00. The van der Waals surface area contributed by atoms with Crippen LogP contribution in [0.2, 0.25) is 0 Å². The number of aliphatic hydroxyl groups excluding tert-OH is 2. The zero-order valence-corrected chi connectivity index (χ0v) is 10.9. The molecule has 0 spiro atoms. The summed E-state index contributed by atoms with van der Waals surface area (Å²) in [6, 6.07) is -0.775. The van der Waals surface area contributed by atoms with Gasteiger partial charge in [-0.3, -0.25) is 0 Å². The SMILES string of the molecule is C=CC[C@@H](O)[C@H](NC(=O)OC(C)(C)C)[C@H](C)O. The van der Waals surface area contributed by atoms with E-state index in [1.165, 1.54) is 13.0 Å². The van der Waals surface area contributed by atoms with E-state index in [2.05, 4.69) is 11.9 Å². The molecule has 0 aliphatic rings. The first-order valence-electron chi connectivity index (χ1n) is 5.64. The van der Waals surface area contributed by atoms with E-state index >= 15 is 0 Å². The predicted molar refractivity (Wildman–Crippen MR) is 65.7 cm³/mol. The van der Waals surface area contributed by atoms with Crippen LogP contribution in [0.1, 0.15) is 34.1 Å². The number of carbonyl (C=O) groups is 1. The van der Waals surface area contributed by atoms with Gasteiger partial charge in [0, 0.05) is 0 Å². The van der Waals surface area contributed by atoms with E-state index < -0.39 is 29.9 Å². The normalized spacial score (nSPS) is 16.8. The van der Waals surface area contributed by atoms with Crippen molar-refractivity contribution in [2.24, 2.45) is 0 Å². The monoisotopic (exact) mass is 245 g/mol. The van der Waals surface area contributed by atoms with Crippen LogP contribution in [0.4, 0.5) is 4.79 Å². The number of hydrogen-bond acceptors (Lipinski definition) is 4. The quantitative estimate of drug-likeness (QED) is 0.636. The number of amides is 1. The van der Waals surface area contributed by atoms with Crippen LogP contribution in [-0.4, -0.2) is 40.2 Å². The fourth-order valence-corrected chi connectivity index (χ4v) is 1.30. The maximum atomic E-state index is 11.5. The summed E-state index contributed by atoms with van der Waals surface area (Å²) in [5.74, 6) is 0. The molecule has 0 bridgehead atoms. The van der Waals surface area contributed by atoms with Crippen molar-refractivity contribution in [3.05, 3.63) is 12.7 Å². The maximum Gasteiger partial charge on any atom is 0.408 e. The Balaban J connectivity index is 4.45.